The fourth-order valence-electron chi connectivity index (χ4n) is 2.08. The maximum absolute atomic E-state index is 12.8. The molecule has 8 heteroatoms. The van der Waals surface area contributed by atoms with Crippen LogP contribution in [0.4, 0.5) is 19.0 Å². The average molecular weight is 349 g/mol. The first-order valence-corrected chi connectivity index (χ1v) is 7.26. The summed E-state index contributed by atoms with van der Waals surface area (Å²) < 4.78 is 43.9. The van der Waals surface area contributed by atoms with Crippen LogP contribution in [0.5, 0.6) is 5.75 Å². The van der Waals surface area contributed by atoms with Gasteiger partial charge in [-0.3, -0.25) is 9.69 Å². The minimum Gasteiger partial charge on any atom is -0.481 e. The van der Waals surface area contributed by atoms with Gasteiger partial charge in [0.25, 0.3) is 5.91 Å². The number of nitriles is 1. The molecule has 0 aliphatic rings. The number of aromatic nitrogens is 1. The number of ether oxygens (including phenoxy) is 1. The van der Waals surface area contributed by atoms with Gasteiger partial charge in [0.2, 0.25) is 0 Å². The Labute approximate surface area is 142 Å². The Hall–Kier alpha value is -3.08. The molecule has 1 atom stereocenters. The number of benzene rings is 1. The summed E-state index contributed by atoms with van der Waals surface area (Å²) in [4.78, 5) is 16.8. The first-order chi connectivity index (χ1) is 11.8. The average Bonchev–Trinajstić information content (AvgIpc) is 2.59. The summed E-state index contributed by atoms with van der Waals surface area (Å²) in [6.45, 7) is -0.136. The Morgan fingerprint density at radius 3 is 2.68 bits per heavy atom. The van der Waals surface area contributed by atoms with Crippen LogP contribution < -0.4 is 9.64 Å². The first-order valence-electron chi connectivity index (χ1n) is 7.26. The summed E-state index contributed by atoms with van der Waals surface area (Å²) in [5, 5.41) is 8.86. The lowest BCUT2D eigenvalue weighted by molar-refractivity contribution is -0.136. The van der Waals surface area contributed by atoms with Crippen LogP contribution in [0.3, 0.4) is 0 Å². The third kappa shape index (κ3) is 5.21. The van der Waals surface area contributed by atoms with Crippen molar-refractivity contribution >= 4 is 11.7 Å². The van der Waals surface area contributed by atoms with Crippen LogP contribution in [-0.2, 0) is 4.79 Å². The molecule has 0 aliphatic heterocycles. The molecule has 0 bridgehead atoms. The number of anilines is 1. The minimum absolute atomic E-state index is 0.119. The second-order valence-corrected chi connectivity index (χ2v) is 5.13. The largest absolute Gasteiger partial charge is 0.481 e. The minimum atomic E-state index is -4.59. The normalized spacial score (nSPS) is 12.1. The summed E-state index contributed by atoms with van der Waals surface area (Å²) in [5.74, 6) is -0.794. The molecule has 1 aromatic heterocycles. The van der Waals surface area contributed by atoms with Gasteiger partial charge in [0.1, 0.15) is 18.1 Å². The number of hydrogen-bond acceptors (Lipinski definition) is 4. The molecule has 0 saturated heterocycles. The third-order valence-corrected chi connectivity index (χ3v) is 3.15. The number of amides is 1. The van der Waals surface area contributed by atoms with Crippen molar-refractivity contribution in [3.8, 4) is 11.8 Å². The number of halogens is 3. The van der Waals surface area contributed by atoms with E-state index in [0.717, 1.165) is 0 Å². The maximum atomic E-state index is 12.8. The van der Waals surface area contributed by atoms with Gasteiger partial charge in [-0.2, -0.15) is 18.4 Å². The molecule has 0 radical (unpaired) electrons. The molecule has 1 amide bonds. The van der Waals surface area contributed by atoms with Gasteiger partial charge in [-0.05, 0) is 37.3 Å². The highest BCUT2D eigenvalue weighted by Gasteiger charge is 2.36. The van der Waals surface area contributed by atoms with E-state index in [1.165, 1.54) is 43.5 Å². The monoisotopic (exact) mass is 349 g/mol. The third-order valence-electron chi connectivity index (χ3n) is 3.15. The second kappa shape index (κ2) is 7.66. The van der Waals surface area contributed by atoms with E-state index in [1.807, 2.05) is 6.07 Å². The van der Waals surface area contributed by atoms with Crippen molar-refractivity contribution in [3.05, 3.63) is 54.2 Å². The summed E-state index contributed by atoms with van der Waals surface area (Å²) in [6, 6.07) is 12.3. The number of carbonyl (C=O) groups excluding carboxylic acids is 1. The molecule has 25 heavy (non-hydrogen) atoms. The van der Waals surface area contributed by atoms with Crippen LogP contribution in [0.2, 0.25) is 0 Å². The lowest BCUT2D eigenvalue weighted by Gasteiger charge is -2.26. The molecule has 2 aromatic rings. The van der Waals surface area contributed by atoms with Gasteiger partial charge in [-0.1, -0.05) is 12.1 Å². The van der Waals surface area contributed by atoms with Crippen molar-refractivity contribution in [2.24, 2.45) is 0 Å². The number of hydrogen-bond donors (Lipinski definition) is 0. The quantitative estimate of drug-likeness (QED) is 0.831. The van der Waals surface area contributed by atoms with Crippen molar-refractivity contribution < 1.29 is 22.7 Å². The maximum Gasteiger partial charge on any atom is 0.406 e. The fraction of sp³-hybridized carbons (Fsp3) is 0.235. The SMILES string of the molecule is C[C@@H](Oc1cccc(C#N)c1)C(=O)N(CC(F)(F)F)c1ccccn1. The van der Waals surface area contributed by atoms with E-state index in [9.17, 15) is 18.0 Å². The molecule has 0 saturated carbocycles. The Balaban J connectivity index is 2.21. The van der Waals surface area contributed by atoms with Gasteiger partial charge in [0.15, 0.2) is 6.10 Å². The van der Waals surface area contributed by atoms with Crippen LogP contribution in [-0.4, -0.2) is 29.7 Å². The van der Waals surface area contributed by atoms with Crippen molar-refractivity contribution in [2.75, 3.05) is 11.4 Å². The number of carbonyl (C=O) groups is 1. The van der Waals surface area contributed by atoms with Gasteiger partial charge >= 0.3 is 6.18 Å². The Kier molecular flexibility index (Phi) is 5.60. The highest BCUT2D eigenvalue weighted by Crippen LogP contribution is 2.22. The van der Waals surface area contributed by atoms with E-state index in [-0.39, 0.29) is 11.6 Å². The summed E-state index contributed by atoms with van der Waals surface area (Å²) in [5.41, 5.74) is 0.314. The molecule has 130 valence electrons. The van der Waals surface area contributed by atoms with Crippen molar-refractivity contribution in [1.29, 1.82) is 5.26 Å². The number of alkyl halides is 3. The van der Waals surface area contributed by atoms with Crippen LogP contribution in [0, 0.1) is 11.3 Å². The van der Waals surface area contributed by atoms with Crippen LogP contribution >= 0.6 is 0 Å². The Bertz CT molecular complexity index is 773. The molecule has 0 spiro atoms. The van der Waals surface area contributed by atoms with Gasteiger partial charge in [-0.15, -0.1) is 0 Å². The molecule has 0 unspecified atom stereocenters. The molecular weight excluding hydrogens is 335 g/mol. The highest BCUT2D eigenvalue weighted by atomic mass is 19.4. The summed E-state index contributed by atoms with van der Waals surface area (Å²) >= 11 is 0. The van der Waals surface area contributed by atoms with Crippen molar-refractivity contribution in [3.63, 3.8) is 0 Å². The molecule has 0 N–H and O–H groups in total. The van der Waals surface area contributed by atoms with Crippen LogP contribution in [0.1, 0.15) is 12.5 Å². The molecular formula is C17H14F3N3O2. The van der Waals surface area contributed by atoms with Crippen LogP contribution in [0.15, 0.2) is 48.7 Å². The van der Waals surface area contributed by atoms with E-state index >= 15 is 0 Å². The fourth-order valence-corrected chi connectivity index (χ4v) is 2.08. The molecule has 2 rings (SSSR count). The Morgan fingerprint density at radius 2 is 2.08 bits per heavy atom. The first kappa shape index (κ1) is 18.3. The molecule has 0 fully saturated rings. The van der Waals surface area contributed by atoms with Crippen molar-refractivity contribution in [2.45, 2.75) is 19.2 Å². The second-order valence-electron chi connectivity index (χ2n) is 5.13. The predicted octanol–water partition coefficient (Wildman–Crippen LogP) is 3.32. The molecule has 1 heterocycles. The highest BCUT2D eigenvalue weighted by molar-refractivity contribution is 5.95. The lowest BCUT2D eigenvalue weighted by atomic mass is 10.2. The van der Waals surface area contributed by atoms with E-state index in [0.29, 0.717) is 10.5 Å². The molecule has 0 aliphatic carbocycles. The van der Waals surface area contributed by atoms with E-state index in [4.69, 9.17) is 10.00 Å². The lowest BCUT2D eigenvalue weighted by Crippen LogP contribution is -2.45. The van der Waals surface area contributed by atoms with Crippen LogP contribution in [0.25, 0.3) is 0 Å². The van der Waals surface area contributed by atoms with E-state index < -0.39 is 24.7 Å². The van der Waals surface area contributed by atoms with Gasteiger partial charge in [-0.25, -0.2) is 4.98 Å². The van der Waals surface area contributed by atoms with Gasteiger partial charge in [0.05, 0.1) is 11.6 Å². The summed E-state index contributed by atoms with van der Waals surface area (Å²) in [6.07, 6.45) is -4.49. The standard InChI is InChI=1S/C17H14F3N3O2/c1-12(25-14-6-4-5-13(9-14)10-21)16(24)23(11-17(18,19)20)15-7-2-3-8-22-15/h2-9,12H,11H2,1H3/t12-/m1/s1. The number of nitrogens with zero attached hydrogens (tertiary/aromatic N) is 3. The predicted molar refractivity (Wildman–Crippen MR) is 83.9 cm³/mol. The zero-order valence-corrected chi connectivity index (χ0v) is 13.2. The molecule has 5 nitrogen and oxygen atoms in total. The van der Waals surface area contributed by atoms with Crippen molar-refractivity contribution in [1.82, 2.24) is 4.98 Å². The number of rotatable bonds is 5. The number of pyridine rings is 1. The van der Waals surface area contributed by atoms with Gasteiger partial charge in [0, 0.05) is 6.20 Å². The van der Waals surface area contributed by atoms with Gasteiger partial charge < -0.3 is 4.74 Å². The zero-order chi connectivity index (χ0) is 18.4. The van der Waals surface area contributed by atoms with E-state index in [2.05, 4.69) is 4.98 Å². The van der Waals surface area contributed by atoms with E-state index in [1.54, 1.807) is 12.1 Å². The summed E-state index contributed by atoms with van der Waals surface area (Å²) in [7, 11) is 0. The molecule has 1 aromatic carbocycles. The topological polar surface area (TPSA) is 66.2 Å². The smallest absolute Gasteiger partial charge is 0.406 e. The zero-order valence-electron chi connectivity index (χ0n) is 13.2. The Morgan fingerprint density at radius 1 is 1.32 bits per heavy atom.